The average molecular weight is 381 g/mol. The fourth-order valence-electron chi connectivity index (χ4n) is 2.76. The molecular formula is C22H23NO5. The monoisotopic (exact) mass is 381 g/mol. The van der Waals surface area contributed by atoms with E-state index in [0.717, 1.165) is 12.8 Å². The maximum Gasteiger partial charge on any atom is 0.331 e. The van der Waals surface area contributed by atoms with E-state index in [4.69, 9.17) is 14.2 Å². The molecule has 1 atom stereocenters. The summed E-state index contributed by atoms with van der Waals surface area (Å²) < 4.78 is 16.1. The number of para-hydroxylation sites is 1. The van der Waals surface area contributed by atoms with Gasteiger partial charge in [0.15, 0.2) is 11.5 Å². The lowest BCUT2D eigenvalue weighted by Gasteiger charge is -2.17. The van der Waals surface area contributed by atoms with Crippen molar-refractivity contribution in [2.75, 3.05) is 14.2 Å². The molecule has 0 aliphatic heterocycles. The van der Waals surface area contributed by atoms with E-state index < -0.39 is 12.1 Å². The zero-order valence-electron chi connectivity index (χ0n) is 15.9. The Hall–Kier alpha value is -3.28. The van der Waals surface area contributed by atoms with Gasteiger partial charge < -0.3 is 19.5 Å². The van der Waals surface area contributed by atoms with Crippen molar-refractivity contribution in [1.29, 1.82) is 0 Å². The van der Waals surface area contributed by atoms with Gasteiger partial charge in [-0.1, -0.05) is 42.5 Å². The molecular weight excluding hydrogens is 358 g/mol. The van der Waals surface area contributed by atoms with Crippen LogP contribution in [-0.2, 0) is 14.3 Å². The minimum absolute atomic E-state index is 0.175. The maximum atomic E-state index is 12.5. The number of carbonyl (C=O) groups is 2. The van der Waals surface area contributed by atoms with Crippen LogP contribution in [0.15, 0.2) is 54.6 Å². The molecule has 146 valence electrons. The first kappa shape index (κ1) is 19.5. The number of hydrogen-bond acceptors (Lipinski definition) is 5. The molecule has 0 unspecified atom stereocenters. The number of carbonyl (C=O) groups excluding carboxylic acids is 2. The molecule has 0 heterocycles. The van der Waals surface area contributed by atoms with Crippen LogP contribution in [0.25, 0.3) is 6.08 Å². The Morgan fingerprint density at radius 3 is 2.43 bits per heavy atom. The van der Waals surface area contributed by atoms with Crippen LogP contribution in [-0.4, -0.2) is 32.1 Å². The fourth-order valence-corrected chi connectivity index (χ4v) is 2.76. The van der Waals surface area contributed by atoms with Gasteiger partial charge in [0.1, 0.15) is 0 Å². The van der Waals surface area contributed by atoms with Gasteiger partial charge in [-0.2, -0.15) is 0 Å². The second-order valence-corrected chi connectivity index (χ2v) is 6.43. The number of hydrogen-bond donors (Lipinski definition) is 1. The van der Waals surface area contributed by atoms with E-state index in [2.05, 4.69) is 5.32 Å². The summed E-state index contributed by atoms with van der Waals surface area (Å²) in [5.41, 5.74) is 1.29. The highest BCUT2D eigenvalue weighted by molar-refractivity contribution is 5.91. The molecule has 3 rings (SSSR count). The first-order chi connectivity index (χ1) is 13.6. The van der Waals surface area contributed by atoms with Crippen LogP contribution in [0.1, 0.15) is 30.1 Å². The van der Waals surface area contributed by atoms with E-state index in [1.54, 1.807) is 55.7 Å². The zero-order chi connectivity index (χ0) is 19.9. The molecule has 1 saturated carbocycles. The topological polar surface area (TPSA) is 73.9 Å². The molecule has 1 aliphatic rings. The molecule has 0 saturated heterocycles. The molecule has 2 aromatic rings. The molecule has 6 heteroatoms. The number of methoxy groups -OCH3 is 2. The van der Waals surface area contributed by atoms with Crippen LogP contribution >= 0.6 is 0 Å². The maximum absolute atomic E-state index is 12.5. The Morgan fingerprint density at radius 1 is 1.04 bits per heavy atom. The third-order valence-electron chi connectivity index (χ3n) is 4.33. The molecule has 0 spiro atoms. The molecule has 0 bridgehead atoms. The van der Waals surface area contributed by atoms with Gasteiger partial charge in [0, 0.05) is 23.2 Å². The molecule has 1 aliphatic carbocycles. The molecule has 1 N–H and O–H groups in total. The molecule has 2 aromatic carbocycles. The predicted octanol–water partition coefficient (Wildman–Crippen LogP) is 3.28. The highest BCUT2D eigenvalue weighted by Crippen LogP contribution is 2.31. The Balaban J connectivity index is 1.75. The number of amides is 1. The van der Waals surface area contributed by atoms with Gasteiger partial charge in [0.25, 0.3) is 5.91 Å². The molecule has 0 aromatic heterocycles. The SMILES string of the molecule is COc1cccc(/C=C/C(=O)O[C@H](C(=O)NC2CC2)c2ccccc2)c1OC. The van der Waals surface area contributed by atoms with Crippen molar-refractivity contribution in [3.05, 3.63) is 65.7 Å². The predicted molar refractivity (Wildman–Crippen MR) is 105 cm³/mol. The number of nitrogens with one attached hydrogen (secondary N) is 1. The highest BCUT2D eigenvalue weighted by atomic mass is 16.5. The van der Waals surface area contributed by atoms with Gasteiger partial charge in [-0.05, 0) is 25.0 Å². The van der Waals surface area contributed by atoms with Crippen molar-refractivity contribution in [3.63, 3.8) is 0 Å². The second kappa shape index (κ2) is 9.08. The summed E-state index contributed by atoms with van der Waals surface area (Å²) in [6.45, 7) is 0. The zero-order valence-corrected chi connectivity index (χ0v) is 15.9. The Kier molecular flexibility index (Phi) is 6.32. The summed E-state index contributed by atoms with van der Waals surface area (Å²) in [7, 11) is 3.07. The number of benzene rings is 2. The van der Waals surface area contributed by atoms with Gasteiger partial charge in [0.2, 0.25) is 6.10 Å². The van der Waals surface area contributed by atoms with Crippen molar-refractivity contribution in [1.82, 2.24) is 5.32 Å². The van der Waals surface area contributed by atoms with E-state index in [1.165, 1.54) is 13.2 Å². The van der Waals surface area contributed by atoms with E-state index in [1.807, 2.05) is 6.07 Å². The van der Waals surface area contributed by atoms with Crippen LogP contribution < -0.4 is 14.8 Å². The molecule has 0 radical (unpaired) electrons. The first-order valence-electron chi connectivity index (χ1n) is 9.07. The molecule has 1 fully saturated rings. The quantitative estimate of drug-likeness (QED) is 0.561. The van der Waals surface area contributed by atoms with E-state index in [9.17, 15) is 9.59 Å². The van der Waals surface area contributed by atoms with Gasteiger partial charge in [-0.15, -0.1) is 0 Å². The minimum Gasteiger partial charge on any atom is -0.493 e. The fraction of sp³-hybridized carbons (Fsp3) is 0.273. The first-order valence-corrected chi connectivity index (χ1v) is 9.07. The smallest absolute Gasteiger partial charge is 0.331 e. The lowest BCUT2D eigenvalue weighted by Crippen LogP contribution is -2.33. The van der Waals surface area contributed by atoms with Gasteiger partial charge in [0.05, 0.1) is 14.2 Å². The normalized spacial score (nSPS) is 14.4. The lowest BCUT2D eigenvalue weighted by molar-refractivity contribution is -0.151. The van der Waals surface area contributed by atoms with Crippen molar-refractivity contribution in [3.8, 4) is 11.5 Å². The van der Waals surface area contributed by atoms with E-state index in [0.29, 0.717) is 22.6 Å². The van der Waals surface area contributed by atoms with Crippen molar-refractivity contribution >= 4 is 18.0 Å². The summed E-state index contributed by atoms with van der Waals surface area (Å²) in [4.78, 5) is 24.9. The highest BCUT2D eigenvalue weighted by Gasteiger charge is 2.30. The van der Waals surface area contributed by atoms with Gasteiger partial charge in [-0.3, -0.25) is 4.79 Å². The molecule has 6 nitrogen and oxygen atoms in total. The van der Waals surface area contributed by atoms with Crippen molar-refractivity contribution in [2.24, 2.45) is 0 Å². The van der Waals surface area contributed by atoms with E-state index in [-0.39, 0.29) is 11.9 Å². The van der Waals surface area contributed by atoms with Crippen LogP contribution in [0.3, 0.4) is 0 Å². The van der Waals surface area contributed by atoms with Gasteiger partial charge in [-0.25, -0.2) is 4.79 Å². The number of ether oxygens (including phenoxy) is 3. The summed E-state index contributed by atoms with van der Waals surface area (Å²) in [6.07, 6.45) is 3.77. The molecule has 1 amide bonds. The Labute approximate surface area is 164 Å². The third kappa shape index (κ3) is 4.91. The summed E-state index contributed by atoms with van der Waals surface area (Å²) in [5, 5.41) is 2.89. The van der Waals surface area contributed by atoms with Crippen molar-refractivity contribution < 1.29 is 23.8 Å². The van der Waals surface area contributed by atoms with Gasteiger partial charge >= 0.3 is 5.97 Å². The largest absolute Gasteiger partial charge is 0.493 e. The van der Waals surface area contributed by atoms with Crippen LogP contribution in [0.5, 0.6) is 11.5 Å². The van der Waals surface area contributed by atoms with Crippen LogP contribution in [0, 0.1) is 0 Å². The standard InChI is InChI=1S/C22H23NO5/c1-26-18-10-6-9-16(20(18)27-2)11-14-19(24)28-21(15-7-4-3-5-8-15)22(25)23-17-12-13-17/h3-11,14,17,21H,12-13H2,1-2H3,(H,23,25)/b14-11+/t21-/m0/s1. The summed E-state index contributed by atoms with van der Waals surface area (Å²) >= 11 is 0. The summed E-state index contributed by atoms with van der Waals surface area (Å²) in [5.74, 6) is 0.142. The number of esters is 1. The summed E-state index contributed by atoms with van der Waals surface area (Å²) in [6, 6.07) is 14.5. The van der Waals surface area contributed by atoms with Crippen LogP contribution in [0.4, 0.5) is 0 Å². The Bertz CT molecular complexity index is 858. The van der Waals surface area contributed by atoms with Crippen LogP contribution in [0.2, 0.25) is 0 Å². The van der Waals surface area contributed by atoms with Crippen molar-refractivity contribution in [2.45, 2.75) is 25.0 Å². The van der Waals surface area contributed by atoms with E-state index >= 15 is 0 Å². The minimum atomic E-state index is -0.994. The number of rotatable bonds is 8. The second-order valence-electron chi connectivity index (χ2n) is 6.43. The third-order valence-corrected chi connectivity index (χ3v) is 4.33. The lowest BCUT2D eigenvalue weighted by atomic mass is 10.1. The average Bonchev–Trinajstić information content (AvgIpc) is 3.54. The Morgan fingerprint density at radius 2 is 1.79 bits per heavy atom. The molecule has 28 heavy (non-hydrogen) atoms.